The number of nitrogens with one attached hydrogen (secondary N) is 3. The zero-order chi connectivity index (χ0) is 27.5. The van der Waals surface area contributed by atoms with Gasteiger partial charge in [-0.25, -0.2) is 10.9 Å². The van der Waals surface area contributed by atoms with Crippen molar-refractivity contribution in [1.29, 1.82) is 0 Å². The first-order valence-electron chi connectivity index (χ1n) is 12.6. The van der Waals surface area contributed by atoms with Crippen LogP contribution in [0.3, 0.4) is 0 Å². The number of carbonyl (C=O) groups excluding carboxylic acids is 1. The number of aromatic hydroxyl groups is 2. The normalized spacial score (nSPS) is 19.9. The third-order valence-electron chi connectivity index (χ3n) is 6.71. The number of aliphatic imine (C=N–C) groups is 1. The average molecular weight is 552 g/mol. The molecule has 11 heteroatoms. The van der Waals surface area contributed by atoms with Gasteiger partial charge in [-0.05, 0) is 49.4 Å². The number of anilines is 1. The summed E-state index contributed by atoms with van der Waals surface area (Å²) in [6.45, 7) is 2.50. The van der Waals surface area contributed by atoms with Crippen LogP contribution < -0.4 is 30.5 Å². The van der Waals surface area contributed by atoms with E-state index in [2.05, 4.69) is 21.1 Å². The highest BCUT2D eigenvalue weighted by Gasteiger charge is 2.40. The summed E-state index contributed by atoms with van der Waals surface area (Å²) in [6.07, 6.45) is -0.202. The van der Waals surface area contributed by atoms with Crippen molar-refractivity contribution in [3.63, 3.8) is 0 Å². The summed E-state index contributed by atoms with van der Waals surface area (Å²) in [7, 11) is 1.63. The summed E-state index contributed by atoms with van der Waals surface area (Å²) in [6, 6.07) is 17.2. The van der Waals surface area contributed by atoms with Crippen LogP contribution in [-0.4, -0.2) is 60.5 Å². The summed E-state index contributed by atoms with van der Waals surface area (Å²) in [4.78, 5) is 20.4. The maximum Gasteiger partial charge on any atom is 0.222 e. The molecule has 3 aromatic carbocycles. The van der Waals surface area contributed by atoms with Crippen LogP contribution in [0.5, 0.6) is 23.0 Å². The largest absolute Gasteiger partial charge is 0.504 e. The van der Waals surface area contributed by atoms with E-state index in [1.807, 2.05) is 49.4 Å². The van der Waals surface area contributed by atoms with E-state index in [9.17, 15) is 15.0 Å². The van der Waals surface area contributed by atoms with Crippen molar-refractivity contribution in [2.75, 3.05) is 25.2 Å². The van der Waals surface area contributed by atoms with Crippen LogP contribution in [0.15, 0.2) is 65.7 Å². The van der Waals surface area contributed by atoms with E-state index in [-0.39, 0.29) is 49.3 Å². The Bertz CT molecular complexity index is 1380. The van der Waals surface area contributed by atoms with Gasteiger partial charge >= 0.3 is 0 Å². The maximum atomic E-state index is 13.1. The molecule has 1 fully saturated rings. The number of methoxy groups -OCH3 is 1. The number of halogens is 1. The van der Waals surface area contributed by atoms with Gasteiger partial charge in [0.1, 0.15) is 24.3 Å². The highest BCUT2D eigenvalue weighted by Crippen LogP contribution is 2.36. The molecule has 0 aromatic heterocycles. The highest BCUT2D eigenvalue weighted by atomic mass is 35.5. The zero-order valence-electron chi connectivity index (χ0n) is 21.5. The second-order valence-corrected chi connectivity index (χ2v) is 9.74. The number of phenols is 2. The van der Waals surface area contributed by atoms with E-state index >= 15 is 0 Å². The SMILES string of the molecule is COc1ccc2c(c1)C(c1ccc(Cl)cc1)=N[C@@H](CC(=O)NCCOc1ccc(O)c(O)c1)C1NNC(C)N21. The van der Waals surface area contributed by atoms with Gasteiger partial charge in [0.25, 0.3) is 0 Å². The second kappa shape index (κ2) is 11.4. The molecular weight excluding hydrogens is 522 g/mol. The molecular formula is C28H30ClN5O5. The quantitative estimate of drug-likeness (QED) is 0.213. The number of phenolic OH excluding ortho intramolecular Hbond substituents is 2. The van der Waals surface area contributed by atoms with Gasteiger partial charge in [-0.2, -0.15) is 0 Å². The van der Waals surface area contributed by atoms with Crippen molar-refractivity contribution in [2.24, 2.45) is 4.99 Å². The summed E-state index contributed by atoms with van der Waals surface area (Å²) >= 11 is 6.17. The fourth-order valence-electron chi connectivity index (χ4n) is 4.80. The van der Waals surface area contributed by atoms with Crippen molar-refractivity contribution in [3.8, 4) is 23.0 Å². The molecule has 204 valence electrons. The molecule has 10 nitrogen and oxygen atoms in total. The number of hydrogen-bond acceptors (Lipinski definition) is 9. The minimum absolute atomic E-state index is 0.0531. The van der Waals surface area contributed by atoms with Crippen molar-refractivity contribution in [3.05, 3.63) is 76.8 Å². The summed E-state index contributed by atoms with van der Waals surface area (Å²) in [5.41, 5.74) is 10.1. The van der Waals surface area contributed by atoms with Crippen LogP contribution in [0.4, 0.5) is 5.69 Å². The lowest BCUT2D eigenvalue weighted by Gasteiger charge is -2.31. The molecule has 5 N–H and O–H groups in total. The number of rotatable bonds is 8. The van der Waals surface area contributed by atoms with Crippen molar-refractivity contribution in [2.45, 2.75) is 31.7 Å². The average Bonchev–Trinajstić information content (AvgIpc) is 3.26. The molecule has 2 heterocycles. The molecule has 2 unspecified atom stereocenters. The van der Waals surface area contributed by atoms with E-state index in [1.54, 1.807) is 7.11 Å². The third kappa shape index (κ3) is 5.73. The molecule has 0 aliphatic carbocycles. The summed E-state index contributed by atoms with van der Waals surface area (Å²) in [5.74, 6) is 0.421. The molecule has 0 bridgehead atoms. The minimum Gasteiger partial charge on any atom is -0.504 e. The van der Waals surface area contributed by atoms with Crippen LogP contribution in [0.1, 0.15) is 24.5 Å². The Morgan fingerprint density at radius 3 is 2.56 bits per heavy atom. The molecule has 3 aromatic rings. The van der Waals surface area contributed by atoms with E-state index in [1.165, 1.54) is 18.2 Å². The number of carbonyl (C=O) groups is 1. The van der Waals surface area contributed by atoms with Gasteiger partial charge in [-0.1, -0.05) is 23.7 Å². The maximum absolute atomic E-state index is 13.1. The lowest BCUT2D eigenvalue weighted by Crippen LogP contribution is -2.48. The van der Waals surface area contributed by atoms with Crippen molar-refractivity contribution < 1.29 is 24.5 Å². The van der Waals surface area contributed by atoms with Crippen LogP contribution in [0, 0.1) is 0 Å². The highest BCUT2D eigenvalue weighted by molar-refractivity contribution is 6.30. The molecule has 3 atom stereocenters. The molecule has 0 saturated carbocycles. The van der Waals surface area contributed by atoms with Gasteiger partial charge in [-0.15, -0.1) is 0 Å². The third-order valence-corrected chi connectivity index (χ3v) is 6.96. The van der Waals surface area contributed by atoms with Gasteiger partial charge in [0, 0.05) is 27.9 Å². The minimum atomic E-state index is -0.429. The molecule has 2 aliphatic heterocycles. The fraction of sp³-hybridized carbons (Fsp3) is 0.286. The molecule has 2 aliphatic rings. The Balaban J connectivity index is 1.37. The predicted molar refractivity (Wildman–Crippen MR) is 149 cm³/mol. The van der Waals surface area contributed by atoms with Gasteiger partial charge < -0.3 is 29.9 Å². The first-order chi connectivity index (χ1) is 18.8. The summed E-state index contributed by atoms with van der Waals surface area (Å²) in [5, 5.41) is 22.6. The molecule has 5 rings (SSSR count). The predicted octanol–water partition coefficient (Wildman–Crippen LogP) is 3.15. The number of amides is 1. The van der Waals surface area contributed by atoms with E-state index in [0.717, 1.165) is 22.5 Å². The van der Waals surface area contributed by atoms with Gasteiger partial charge in [0.15, 0.2) is 11.5 Å². The van der Waals surface area contributed by atoms with Gasteiger partial charge in [0.05, 0.1) is 38.0 Å². The fourth-order valence-corrected chi connectivity index (χ4v) is 4.92. The summed E-state index contributed by atoms with van der Waals surface area (Å²) < 4.78 is 11.1. The Hall–Kier alpha value is -3.99. The first kappa shape index (κ1) is 26.6. The second-order valence-electron chi connectivity index (χ2n) is 9.30. The molecule has 1 saturated heterocycles. The molecule has 1 amide bonds. The van der Waals surface area contributed by atoms with Crippen LogP contribution in [0.2, 0.25) is 5.02 Å². The van der Waals surface area contributed by atoms with E-state index < -0.39 is 6.04 Å². The zero-order valence-corrected chi connectivity index (χ0v) is 22.3. The van der Waals surface area contributed by atoms with Crippen LogP contribution >= 0.6 is 11.6 Å². The number of hydrazine groups is 1. The van der Waals surface area contributed by atoms with E-state index in [4.69, 9.17) is 26.1 Å². The Morgan fingerprint density at radius 2 is 1.82 bits per heavy atom. The molecule has 39 heavy (non-hydrogen) atoms. The molecule has 0 radical (unpaired) electrons. The topological polar surface area (TPSA) is 128 Å². The standard InChI is InChI=1S/C28H30ClN5O5/c1-16-32-33-28-22(15-26(37)30-11-12-39-20-8-10-24(35)25(36)14-20)31-27(17-3-5-18(29)6-4-17)21-13-19(38-2)7-9-23(21)34(16)28/h3-10,13-14,16,22,28,32-33,35-36H,11-12,15H2,1-2H3,(H,30,37)/t16?,22-,28?/m0/s1. The first-order valence-corrected chi connectivity index (χ1v) is 12.9. The number of ether oxygens (including phenoxy) is 2. The van der Waals surface area contributed by atoms with E-state index in [0.29, 0.717) is 16.5 Å². The number of benzene rings is 3. The Morgan fingerprint density at radius 1 is 1.05 bits per heavy atom. The van der Waals surface area contributed by atoms with Gasteiger partial charge in [0.2, 0.25) is 5.91 Å². The lowest BCUT2D eigenvalue weighted by molar-refractivity contribution is -0.121. The lowest BCUT2D eigenvalue weighted by atomic mass is 9.99. The number of nitrogens with zero attached hydrogens (tertiary/aromatic N) is 2. The van der Waals surface area contributed by atoms with Crippen LogP contribution in [-0.2, 0) is 4.79 Å². The van der Waals surface area contributed by atoms with Crippen molar-refractivity contribution >= 4 is 28.9 Å². The monoisotopic (exact) mass is 551 g/mol. The number of fused-ring (bicyclic) bond motifs is 3. The number of hydrogen-bond donors (Lipinski definition) is 5. The van der Waals surface area contributed by atoms with Gasteiger partial charge in [-0.3, -0.25) is 9.79 Å². The Labute approximate surface area is 231 Å². The van der Waals surface area contributed by atoms with Crippen LogP contribution in [0.25, 0.3) is 0 Å². The smallest absolute Gasteiger partial charge is 0.222 e. The molecule has 0 spiro atoms. The Kier molecular flexibility index (Phi) is 7.78. The van der Waals surface area contributed by atoms with Crippen molar-refractivity contribution in [1.82, 2.24) is 16.2 Å².